The highest BCUT2D eigenvalue weighted by Crippen LogP contribution is 2.43. The summed E-state index contributed by atoms with van der Waals surface area (Å²) < 4.78 is 6.18. The van der Waals surface area contributed by atoms with E-state index in [1.165, 1.54) is 10.4 Å². The minimum absolute atomic E-state index is 0.00315. The number of ether oxygens (including phenoxy) is 1. The van der Waals surface area contributed by atoms with Crippen molar-refractivity contribution in [2.75, 3.05) is 26.2 Å². The first-order valence-corrected chi connectivity index (χ1v) is 9.57. The molecule has 0 aliphatic carbocycles. The number of nitrogens with one attached hydrogen (secondary N) is 3. The molecular formula is C16H22N6O2S. The van der Waals surface area contributed by atoms with Gasteiger partial charge >= 0.3 is 0 Å². The number of rotatable bonds is 5. The molecule has 134 valence electrons. The second kappa shape index (κ2) is 7.19. The number of amides is 1. The summed E-state index contributed by atoms with van der Waals surface area (Å²) in [5, 5.41) is 20.1. The van der Waals surface area contributed by atoms with Crippen LogP contribution in [-0.2, 0) is 23.2 Å². The van der Waals surface area contributed by atoms with E-state index in [1.54, 1.807) is 11.3 Å². The third-order valence-corrected chi connectivity index (χ3v) is 6.09. The van der Waals surface area contributed by atoms with E-state index >= 15 is 0 Å². The molecule has 2 aromatic heterocycles. The van der Waals surface area contributed by atoms with E-state index in [-0.39, 0.29) is 11.5 Å². The Morgan fingerprint density at radius 2 is 2.28 bits per heavy atom. The fourth-order valence-corrected chi connectivity index (χ4v) is 4.74. The van der Waals surface area contributed by atoms with Gasteiger partial charge in [-0.25, -0.2) is 0 Å². The van der Waals surface area contributed by atoms with E-state index in [4.69, 9.17) is 4.74 Å². The molecule has 0 bridgehead atoms. The average molecular weight is 362 g/mol. The van der Waals surface area contributed by atoms with E-state index < -0.39 is 0 Å². The Kier molecular flexibility index (Phi) is 4.78. The molecule has 1 fully saturated rings. The van der Waals surface area contributed by atoms with Gasteiger partial charge in [-0.3, -0.25) is 4.79 Å². The number of hydrogen-bond donors (Lipinski definition) is 3. The maximum atomic E-state index is 12.5. The van der Waals surface area contributed by atoms with Gasteiger partial charge in [-0.15, -0.1) is 21.5 Å². The zero-order valence-electron chi connectivity index (χ0n) is 14.0. The SMILES string of the molecule is O=C(NCCCc1nn[nH]n1)c1cc2c(s1)CCOC21CCNCC1. The molecule has 0 aromatic carbocycles. The number of hydrogen-bond acceptors (Lipinski definition) is 7. The zero-order valence-corrected chi connectivity index (χ0v) is 14.8. The molecular weight excluding hydrogens is 340 g/mol. The summed E-state index contributed by atoms with van der Waals surface area (Å²) in [6.07, 6.45) is 4.34. The minimum atomic E-state index is -0.188. The predicted molar refractivity (Wildman–Crippen MR) is 92.6 cm³/mol. The summed E-state index contributed by atoms with van der Waals surface area (Å²) in [6.45, 7) is 3.28. The molecule has 0 saturated carbocycles. The van der Waals surface area contributed by atoms with E-state index in [1.807, 2.05) is 0 Å². The maximum Gasteiger partial charge on any atom is 0.261 e. The van der Waals surface area contributed by atoms with E-state index in [2.05, 4.69) is 37.3 Å². The van der Waals surface area contributed by atoms with Gasteiger partial charge in [-0.05, 0) is 44.0 Å². The van der Waals surface area contributed by atoms with E-state index in [9.17, 15) is 4.79 Å². The first kappa shape index (κ1) is 16.6. The van der Waals surface area contributed by atoms with Gasteiger partial charge in [-0.2, -0.15) is 5.21 Å². The largest absolute Gasteiger partial charge is 0.370 e. The summed E-state index contributed by atoms with van der Waals surface area (Å²) in [5.74, 6) is 0.669. The summed E-state index contributed by atoms with van der Waals surface area (Å²) >= 11 is 1.61. The van der Waals surface area contributed by atoms with Crippen LogP contribution < -0.4 is 10.6 Å². The second-order valence-electron chi connectivity index (χ2n) is 6.48. The van der Waals surface area contributed by atoms with Crippen molar-refractivity contribution >= 4 is 17.2 Å². The highest BCUT2D eigenvalue weighted by atomic mass is 32.1. The summed E-state index contributed by atoms with van der Waals surface area (Å²) in [5.41, 5.74) is 1.05. The average Bonchev–Trinajstić information content (AvgIpc) is 3.30. The van der Waals surface area contributed by atoms with Crippen molar-refractivity contribution in [2.45, 2.75) is 37.7 Å². The van der Waals surface area contributed by atoms with Gasteiger partial charge in [0.2, 0.25) is 0 Å². The molecule has 2 aromatic rings. The highest BCUT2D eigenvalue weighted by Gasteiger charge is 2.40. The summed E-state index contributed by atoms with van der Waals surface area (Å²) in [4.78, 5) is 14.6. The van der Waals surface area contributed by atoms with Crippen molar-refractivity contribution in [3.63, 3.8) is 0 Å². The van der Waals surface area contributed by atoms with Crippen LogP contribution in [0.1, 0.15) is 45.2 Å². The van der Waals surface area contributed by atoms with E-state index in [0.717, 1.165) is 50.3 Å². The molecule has 9 heteroatoms. The van der Waals surface area contributed by atoms with Crippen LogP contribution in [0, 0.1) is 0 Å². The monoisotopic (exact) mass is 362 g/mol. The van der Waals surface area contributed by atoms with Crippen LogP contribution in [0.4, 0.5) is 0 Å². The number of aryl methyl sites for hydroxylation is 1. The number of thiophene rings is 1. The van der Waals surface area contributed by atoms with Crippen molar-refractivity contribution in [2.24, 2.45) is 0 Å². The van der Waals surface area contributed by atoms with Crippen LogP contribution in [0.3, 0.4) is 0 Å². The number of fused-ring (bicyclic) bond motifs is 2. The molecule has 2 aliphatic rings. The molecule has 2 aliphatic heterocycles. The first-order chi connectivity index (χ1) is 12.3. The number of H-pyrrole nitrogens is 1. The van der Waals surface area contributed by atoms with Crippen LogP contribution in [0.15, 0.2) is 6.07 Å². The van der Waals surface area contributed by atoms with Crippen LogP contribution in [0.25, 0.3) is 0 Å². The van der Waals surface area contributed by atoms with Crippen molar-refractivity contribution in [1.29, 1.82) is 0 Å². The Bertz CT molecular complexity index is 723. The minimum Gasteiger partial charge on any atom is -0.370 e. The molecule has 8 nitrogen and oxygen atoms in total. The van der Waals surface area contributed by atoms with Gasteiger partial charge in [0.25, 0.3) is 5.91 Å². The molecule has 0 atom stereocenters. The third kappa shape index (κ3) is 3.44. The molecule has 3 N–H and O–H groups in total. The Morgan fingerprint density at radius 3 is 3.08 bits per heavy atom. The number of nitrogens with zero attached hydrogens (tertiary/aromatic N) is 3. The van der Waals surface area contributed by atoms with Crippen molar-refractivity contribution in [3.8, 4) is 0 Å². The Morgan fingerprint density at radius 1 is 1.40 bits per heavy atom. The maximum absolute atomic E-state index is 12.5. The zero-order chi connectivity index (χ0) is 17.1. The highest BCUT2D eigenvalue weighted by molar-refractivity contribution is 7.14. The lowest BCUT2D eigenvalue weighted by molar-refractivity contribution is -0.0792. The fourth-order valence-electron chi connectivity index (χ4n) is 3.60. The van der Waals surface area contributed by atoms with Gasteiger partial charge in [0, 0.05) is 24.3 Å². The number of carbonyl (C=O) groups excluding carboxylic acids is 1. The number of tetrazole rings is 1. The second-order valence-corrected chi connectivity index (χ2v) is 7.61. The van der Waals surface area contributed by atoms with E-state index in [0.29, 0.717) is 18.8 Å². The van der Waals surface area contributed by atoms with Gasteiger partial charge in [0.1, 0.15) is 0 Å². The first-order valence-electron chi connectivity index (χ1n) is 8.75. The topological polar surface area (TPSA) is 105 Å². The van der Waals surface area contributed by atoms with Crippen LogP contribution in [-0.4, -0.2) is 52.8 Å². The molecule has 4 rings (SSSR count). The van der Waals surface area contributed by atoms with Gasteiger partial charge in [-0.1, -0.05) is 5.21 Å². The van der Waals surface area contributed by atoms with Gasteiger partial charge < -0.3 is 15.4 Å². The fraction of sp³-hybridized carbons (Fsp3) is 0.625. The summed E-state index contributed by atoms with van der Waals surface area (Å²) in [6, 6.07) is 2.05. The molecule has 1 saturated heterocycles. The van der Waals surface area contributed by atoms with Crippen molar-refractivity contribution < 1.29 is 9.53 Å². The standard InChI is InChI=1S/C16H22N6O2S/c23-15(18-6-1-2-14-19-21-22-20-14)13-10-11-12(25-13)3-9-24-16(11)4-7-17-8-5-16/h10,17H,1-9H2,(H,18,23)(H,19,20,21,22). The van der Waals surface area contributed by atoms with Crippen LogP contribution >= 0.6 is 11.3 Å². The molecule has 25 heavy (non-hydrogen) atoms. The number of aromatic amines is 1. The van der Waals surface area contributed by atoms with Crippen LogP contribution in [0.5, 0.6) is 0 Å². The molecule has 1 amide bonds. The van der Waals surface area contributed by atoms with Crippen molar-refractivity contribution in [3.05, 3.63) is 27.2 Å². The Balaban J connectivity index is 1.38. The van der Waals surface area contributed by atoms with Gasteiger partial charge in [0.15, 0.2) is 5.82 Å². The molecule has 0 radical (unpaired) electrons. The van der Waals surface area contributed by atoms with Gasteiger partial charge in [0.05, 0.1) is 17.1 Å². The lowest BCUT2D eigenvalue weighted by Crippen LogP contribution is -2.44. The molecule has 1 spiro atoms. The van der Waals surface area contributed by atoms with Crippen molar-refractivity contribution in [1.82, 2.24) is 31.3 Å². The quantitative estimate of drug-likeness (QED) is 0.679. The normalized spacial score (nSPS) is 18.9. The predicted octanol–water partition coefficient (Wildman–Crippen LogP) is 0.775. The third-order valence-electron chi connectivity index (χ3n) is 4.89. The lowest BCUT2D eigenvalue weighted by atomic mass is 9.83. The lowest BCUT2D eigenvalue weighted by Gasteiger charge is -2.40. The number of carbonyl (C=O) groups is 1. The number of piperidine rings is 1. The summed E-state index contributed by atoms with van der Waals surface area (Å²) in [7, 11) is 0. The number of aromatic nitrogens is 4. The smallest absolute Gasteiger partial charge is 0.261 e. The Labute approximate surface area is 149 Å². The van der Waals surface area contributed by atoms with Crippen LogP contribution in [0.2, 0.25) is 0 Å². The Hall–Kier alpha value is -1.84. The molecule has 4 heterocycles. The molecule has 0 unspecified atom stereocenters.